The lowest BCUT2D eigenvalue weighted by Crippen LogP contribution is -2.07. The average Bonchev–Trinajstić information content (AvgIpc) is 2.92. The molecule has 0 amide bonds. The van der Waals surface area contributed by atoms with Crippen LogP contribution in [0, 0.1) is 0 Å². The van der Waals surface area contributed by atoms with E-state index in [2.05, 4.69) is 20.3 Å². The molecule has 0 fully saturated rings. The van der Waals surface area contributed by atoms with Crippen LogP contribution < -0.4 is 10.3 Å². The van der Waals surface area contributed by atoms with Gasteiger partial charge in [-0.2, -0.15) is 22.8 Å². The van der Waals surface area contributed by atoms with Crippen molar-refractivity contribution in [2.24, 2.45) is 0 Å². The topological polar surface area (TPSA) is 85.2 Å². The summed E-state index contributed by atoms with van der Waals surface area (Å²) in [5.41, 5.74) is 0.0328. The van der Waals surface area contributed by atoms with Gasteiger partial charge in [0.05, 0.1) is 12.8 Å². The van der Waals surface area contributed by atoms with Crippen molar-refractivity contribution in [1.82, 2.24) is 24.8 Å². The number of hydrogen-bond donors (Lipinski definition) is 1. The molecule has 22 heavy (non-hydrogen) atoms. The number of pyridine rings is 1. The lowest BCUT2D eigenvalue weighted by Gasteiger charge is -2.05. The highest BCUT2D eigenvalue weighted by Gasteiger charge is 2.37. The van der Waals surface area contributed by atoms with Crippen molar-refractivity contribution in [2.75, 3.05) is 7.11 Å². The van der Waals surface area contributed by atoms with E-state index in [1.54, 1.807) is 0 Å². The molecule has 0 atom stereocenters. The number of rotatable bonds is 2. The lowest BCUT2D eigenvalue weighted by molar-refractivity contribution is -0.144. The van der Waals surface area contributed by atoms with Gasteiger partial charge in [-0.1, -0.05) is 0 Å². The molecule has 0 aliphatic rings. The Balaban J connectivity index is 2.29. The van der Waals surface area contributed by atoms with Crippen molar-refractivity contribution in [3.05, 3.63) is 40.4 Å². The number of methoxy groups -OCH3 is 1. The maximum Gasteiger partial charge on any atom is 0.453 e. The van der Waals surface area contributed by atoms with Gasteiger partial charge >= 0.3 is 6.18 Å². The fourth-order valence-corrected chi connectivity index (χ4v) is 1.91. The quantitative estimate of drug-likeness (QED) is 0.775. The number of ether oxygens (including phenoxy) is 1. The van der Waals surface area contributed by atoms with Gasteiger partial charge in [-0.3, -0.25) is 4.79 Å². The van der Waals surface area contributed by atoms with Crippen molar-refractivity contribution in [2.45, 2.75) is 6.18 Å². The van der Waals surface area contributed by atoms with Crippen molar-refractivity contribution in [3.63, 3.8) is 0 Å². The van der Waals surface area contributed by atoms with E-state index < -0.39 is 17.6 Å². The molecule has 3 heterocycles. The summed E-state index contributed by atoms with van der Waals surface area (Å²) in [6.07, 6.45) is -4.69. The molecule has 3 aromatic rings. The summed E-state index contributed by atoms with van der Waals surface area (Å²) in [6.45, 7) is 0. The Bertz CT molecular complexity index is 879. The molecule has 114 valence electrons. The minimum Gasteiger partial charge on any atom is -0.481 e. The summed E-state index contributed by atoms with van der Waals surface area (Å²) in [7, 11) is 1.31. The lowest BCUT2D eigenvalue weighted by atomic mass is 10.2. The van der Waals surface area contributed by atoms with Gasteiger partial charge in [0.1, 0.15) is 0 Å². The van der Waals surface area contributed by atoms with E-state index in [-0.39, 0.29) is 22.8 Å². The van der Waals surface area contributed by atoms with Crippen LogP contribution >= 0.6 is 0 Å². The van der Waals surface area contributed by atoms with Crippen LogP contribution in [0.5, 0.6) is 5.88 Å². The Kier molecular flexibility index (Phi) is 3.08. The van der Waals surface area contributed by atoms with Gasteiger partial charge in [0.15, 0.2) is 5.65 Å². The fraction of sp³-hybridized carbons (Fsp3) is 0.167. The highest BCUT2D eigenvalue weighted by Crippen LogP contribution is 2.30. The molecular weight excluding hydrogens is 303 g/mol. The van der Waals surface area contributed by atoms with Gasteiger partial charge in [-0.05, 0) is 12.1 Å². The second kappa shape index (κ2) is 4.83. The minimum absolute atomic E-state index is 0.0776. The molecule has 0 unspecified atom stereocenters. The van der Waals surface area contributed by atoms with Crippen LogP contribution in [0.4, 0.5) is 13.2 Å². The summed E-state index contributed by atoms with van der Waals surface area (Å²) >= 11 is 0. The van der Waals surface area contributed by atoms with Crippen LogP contribution in [0.1, 0.15) is 5.82 Å². The Labute approximate surface area is 120 Å². The molecule has 0 saturated carbocycles. The van der Waals surface area contributed by atoms with Crippen LogP contribution in [0.25, 0.3) is 16.9 Å². The molecule has 1 N–H and O–H groups in total. The van der Waals surface area contributed by atoms with E-state index >= 15 is 0 Å². The smallest absolute Gasteiger partial charge is 0.453 e. The van der Waals surface area contributed by atoms with Crippen LogP contribution in [0.15, 0.2) is 29.1 Å². The molecule has 3 aromatic heterocycles. The van der Waals surface area contributed by atoms with Gasteiger partial charge < -0.3 is 4.74 Å². The molecular formula is C12H8F3N5O2. The van der Waals surface area contributed by atoms with Gasteiger partial charge in [-0.25, -0.2) is 10.1 Å². The average molecular weight is 311 g/mol. The maximum absolute atomic E-state index is 12.8. The van der Waals surface area contributed by atoms with Gasteiger partial charge in [0.25, 0.3) is 11.4 Å². The molecule has 7 nitrogen and oxygen atoms in total. The molecule has 0 aromatic carbocycles. The van der Waals surface area contributed by atoms with Crippen molar-refractivity contribution in [1.29, 1.82) is 0 Å². The zero-order chi connectivity index (χ0) is 15.9. The van der Waals surface area contributed by atoms with E-state index in [9.17, 15) is 18.0 Å². The third-order valence-corrected chi connectivity index (χ3v) is 2.87. The Hall–Kier alpha value is -2.91. The zero-order valence-corrected chi connectivity index (χ0v) is 11.0. The van der Waals surface area contributed by atoms with Gasteiger partial charge in [-0.15, -0.1) is 5.10 Å². The number of aromatic nitrogens is 5. The second-order valence-corrected chi connectivity index (χ2v) is 4.26. The van der Waals surface area contributed by atoms with Gasteiger partial charge in [0, 0.05) is 17.7 Å². The first kappa shape index (κ1) is 14.0. The van der Waals surface area contributed by atoms with E-state index in [1.807, 2.05) is 0 Å². The first-order valence-electron chi connectivity index (χ1n) is 5.97. The molecule has 0 aliphatic heterocycles. The summed E-state index contributed by atoms with van der Waals surface area (Å²) in [5, 5.41) is 9.41. The second-order valence-electron chi connectivity index (χ2n) is 4.26. The van der Waals surface area contributed by atoms with E-state index in [4.69, 9.17) is 4.74 Å². The van der Waals surface area contributed by atoms with Crippen molar-refractivity contribution in [3.8, 4) is 17.1 Å². The summed E-state index contributed by atoms with van der Waals surface area (Å²) < 4.78 is 44.3. The molecule has 0 spiro atoms. The maximum atomic E-state index is 12.8. The molecule has 0 saturated heterocycles. The van der Waals surface area contributed by atoms with Crippen molar-refractivity contribution >= 4 is 5.65 Å². The summed E-state index contributed by atoms with van der Waals surface area (Å²) in [6, 6.07) is 5.51. The molecule has 0 bridgehead atoms. The van der Waals surface area contributed by atoms with Crippen LogP contribution in [0.2, 0.25) is 0 Å². The summed E-state index contributed by atoms with van der Waals surface area (Å²) in [5.74, 6) is -1.20. The number of nitrogens with zero attached hydrogens (tertiary/aromatic N) is 4. The van der Waals surface area contributed by atoms with Crippen LogP contribution in [-0.4, -0.2) is 31.9 Å². The first-order chi connectivity index (χ1) is 10.4. The highest BCUT2D eigenvalue weighted by atomic mass is 19.4. The summed E-state index contributed by atoms with van der Waals surface area (Å²) in [4.78, 5) is 14.5. The third-order valence-electron chi connectivity index (χ3n) is 2.87. The Morgan fingerprint density at radius 1 is 1.23 bits per heavy atom. The third kappa shape index (κ3) is 2.28. The van der Waals surface area contributed by atoms with E-state index in [1.165, 1.54) is 31.4 Å². The number of aromatic amines is 1. The fourth-order valence-electron chi connectivity index (χ4n) is 1.91. The Morgan fingerprint density at radius 3 is 2.59 bits per heavy atom. The minimum atomic E-state index is -4.69. The Morgan fingerprint density at radius 2 is 2.00 bits per heavy atom. The first-order valence-corrected chi connectivity index (χ1v) is 5.97. The molecule has 3 rings (SSSR count). The predicted octanol–water partition coefficient (Wildman–Crippen LogP) is 1.51. The normalized spacial score (nSPS) is 11.8. The number of fused-ring (bicyclic) bond motifs is 1. The molecule has 10 heteroatoms. The number of hydrogen-bond acceptors (Lipinski definition) is 5. The van der Waals surface area contributed by atoms with Crippen molar-refractivity contribution < 1.29 is 17.9 Å². The highest BCUT2D eigenvalue weighted by molar-refractivity contribution is 5.75. The van der Waals surface area contributed by atoms with Crippen LogP contribution in [0.3, 0.4) is 0 Å². The standard InChI is InChI=1S/C12H8F3N5O2/c1-22-9-5-2-6(7-3-4-8(21)18-17-7)10-16-11(12(13,14)15)19-20(9)10/h2-5H,1H3,(H,18,21). The number of H-pyrrole nitrogens is 1. The molecule has 0 aliphatic carbocycles. The SMILES string of the molecule is COc1ccc(-c2ccc(=O)[nH]n2)c2nc(C(F)(F)F)nn12. The largest absolute Gasteiger partial charge is 0.481 e. The molecule has 0 radical (unpaired) electrons. The van der Waals surface area contributed by atoms with Crippen LogP contribution in [-0.2, 0) is 6.18 Å². The monoisotopic (exact) mass is 311 g/mol. The zero-order valence-electron chi connectivity index (χ0n) is 11.0. The number of nitrogens with one attached hydrogen (secondary N) is 1. The van der Waals surface area contributed by atoms with E-state index in [0.29, 0.717) is 0 Å². The van der Waals surface area contributed by atoms with E-state index in [0.717, 1.165) is 4.52 Å². The van der Waals surface area contributed by atoms with Gasteiger partial charge in [0.2, 0.25) is 5.88 Å². The number of halogens is 3. The predicted molar refractivity (Wildman–Crippen MR) is 68.4 cm³/mol. The number of alkyl halides is 3.